The van der Waals surface area contributed by atoms with Crippen molar-refractivity contribution in [3.63, 3.8) is 0 Å². The summed E-state index contributed by atoms with van der Waals surface area (Å²) >= 11 is 0. The van der Waals surface area contributed by atoms with Crippen molar-refractivity contribution in [1.29, 1.82) is 0 Å². The maximum atomic E-state index is 11.9. The van der Waals surface area contributed by atoms with Gasteiger partial charge in [-0.2, -0.15) is 17.6 Å². The van der Waals surface area contributed by atoms with Crippen LogP contribution in [0.2, 0.25) is 0 Å². The van der Waals surface area contributed by atoms with Crippen molar-refractivity contribution >= 4 is 0 Å². The van der Waals surface area contributed by atoms with Crippen LogP contribution in [0.3, 0.4) is 0 Å². The molecule has 0 saturated carbocycles. The third kappa shape index (κ3) is 1.92. The molecule has 0 aromatic rings. The fourth-order valence-corrected chi connectivity index (χ4v) is 0.365. The molecule has 78 valence electrons. The highest BCUT2D eigenvalue weighted by molar-refractivity contribution is 5.08. The average molecular weight is 214 g/mol. The maximum absolute atomic E-state index is 11.9. The van der Waals surface area contributed by atoms with Gasteiger partial charge in [0.15, 0.2) is 0 Å². The van der Waals surface area contributed by atoms with Gasteiger partial charge in [-0.3, -0.25) is 0 Å². The molecule has 8 heteroatoms. The molecule has 0 nitrogen and oxygen atoms in total. The van der Waals surface area contributed by atoms with E-state index in [9.17, 15) is 35.1 Å². The largest absolute Gasteiger partial charge is 0.376 e. The van der Waals surface area contributed by atoms with Crippen molar-refractivity contribution in [2.24, 2.45) is 0 Å². The number of halogens is 8. The first-order chi connectivity index (χ1) is 5.67. The molecule has 0 saturated heterocycles. The van der Waals surface area contributed by atoms with E-state index in [1.165, 1.54) is 0 Å². The number of rotatable bonds is 3. The lowest BCUT2D eigenvalue weighted by molar-refractivity contribution is -0.253. The molecule has 0 radical (unpaired) electrons. The van der Waals surface area contributed by atoms with Gasteiger partial charge in [0.2, 0.25) is 5.83 Å². The van der Waals surface area contributed by atoms with Crippen molar-refractivity contribution < 1.29 is 35.1 Å². The van der Waals surface area contributed by atoms with Crippen molar-refractivity contribution in [3.05, 3.63) is 12.2 Å². The molecule has 13 heavy (non-hydrogen) atoms. The summed E-state index contributed by atoms with van der Waals surface area (Å²) < 4.78 is 92.8. The summed E-state index contributed by atoms with van der Waals surface area (Å²) in [6, 6.07) is 0. The summed E-state index contributed by atoms with van der Waals surface area (Å²) in [7, 11) is 0. The van der Waals surface area contributed by atoms with Gasteiger partial charge in [-0.1, -0.05) is 0 Å². The Kier molecular flexibility index (Phi) is 3.28. The van der Waals surface area contributed by atoms with Crippen LogP contribution in [-0.2, 0) is 0 Å². The first-order valence-electron chi connectivity index (χ1n) is 2.68. The van der Waals surface area contributed by atoms with Gasteiger partial charge in [-0.15, -0.1) is 0 Å². The van der Waals surface area contributed by atoms with E-state index in [1.54, 1.807) is 0 Å². The normalized spacial score (nSPS) is 15.3. The van der Waals surface area contributed by atoms with E-state index >= 15 is 0 Å². The molecule has 0 fully saturated rings. The lowest BCUT2D eigenvalue weighted by Crippen LogP contribution is -2.46. The smallest absolute Gasteiger partial charge is 0.212 e. The minimum absolute atomic E-state index is 1.49. The average Bonchev–Trinajstić information content (AvgIpc) is 2.02. The van der Waals surface area contributed by atoms with Gasteiger partial charge in [0.25, 0.3) is 0 Å². The van der Waals surface area contributed by atoms with E-state index in [2.05, 4.69) is 0 Å². The molecule has 0 aromatic heterocycles. The molecule has 0 spiro atoms. The monoisotopic (exact) mass is 214 g/mol. The zero-order chi connectivity index (χ0) is 10.9. The highest BCUT2D eigenvalue weighted by atomic mass is 19.3. The molecular weight excluding hydrogens is 212 g/mol. The van der Waals surface area contributed by atoms with Gasteiger partial charge in [0, 0.05) is 0 Å². The van der Waals surface area contributed by atoms with E-state index in [-0.39, 0.29) is 0 Å². The Morgan fingerprint density at radius 3 is 1.69 bits per heavy atom. The predicted octanol–water partition coefficient (Wildman–Crippen LogP) is 3.30. The summed E-state index contributed by atoms with van der Waals surface area (Å²) in [5.74, 6) is -15.0. The van der Waals surface area contributed by atoms with E-state index in [1.807, 2.05) is 0 Å². The predicted molar refractivity (Wildman–Crippen MR) is 26.2 cm³/mol. The first-order valence-corrected chi connectivity index (χ1v) is 2.68. The Morgan fingerprint density at radius 1 is 1.08 bits per heavy atom. The van der Waals surface area contributed by atoms with E-state index < -0.39 is 30.4 Å². The molecule has 0 amide bonds. The Hall–Kier alpha value is -0.820. The second-order valence-electron chi connectivity index (χ2n) is 1.96. The van der Waals surface area contributed by atoms with Gasteiger partial charge < -0.3 is 0 Å². The van der Waals surface area contributed by atoms with Crippen molar-refractivity contribution in [2.75, 3.05) is 0 Å². The van der Waals surface area contributed by atoms with Crippen LogP contribution in [-0.4, -0.2) is 18.3 Å². The second-order valence-corrected chi connectivity index (χ2v) is 1.96. The minimum atomic E-state index is -5.93. The molecule has 0 unspecified atom stereocenters. The molecule has 0 heterocycles. The van der Waals surface area contributed by atoms with Crippen molar-refractivity contribution in [1.82, 2.24) is 0 Å². The molecule has 0 rings (SSSR count). The topological polar surface area (TPSA) is 0 Å². The van der Waals surface area contributed by atoms with Gasteiger partial charge in [0.1, 0.15) is 6.33 Å². The molecule has 0 atom stereocenters. The standard InChI is InChI=1S/C5H2F8/c6-1-2(7)4(10,11)5(12,13)3(8)9/h1,3H/b2-1+. The van der Waals surface area contributed by atoms with Gasteiger partial charge >= 0.3 is 18.3 Å². The van der Waals surface area contributed by atoms with Crippen LogP contribution in [0.15, 0.2) is 12.2 Å². The number of alkyl halides is 6. The molecule has 0 aliphatic carbocycles. The van der Waals surface area contributed by atoms with Crippen molar-refractivity contribution in [3.8, 4) is 0 Å². The SMILES string of the molecule is F/C=C(/F)C(F)(F)C(F)(F)C(F)F. The Labute approximate surface area is 66.8 Å². The van der Waals surface area contributed by atoms with E-state index in [0.29, 0.717) is 0 Å². The minimum Gasteiger partial charge on any atom is -0.212 e. The quantitative estimate of drug-likeness (QED) is 0.632. The van der Waals surface area contributed by atoms with Crippen LogP contribution in [0.4, 0.5) is 35.1 Å². The Balaban J connectivity index is 5.03. The summed E-state index contributed by atoms with van der Waals surface area (Å²) in [4.78, 5) is 0. The van der Waals surface area contributed by atoms with Crippen LogP contribution in [0, 0.1) is 0 Å². The van der Waals surface area contributed by atoms with Gasteiger partial charge in [-0.25, -0.2) is 17.6 Å². The molecule has 0 aromatic carbocycles. The lowest BCUT2D eigenvalue weighted by atomic mass is 10.1. The molecule has 0 aliphatic rings. The summed E-state index contributed by atoms with van der Waals surface area (Å²) in [6.07, 6.45) is -6.27. The summed E-state index contributed by atoms with van der Waals surface area (Å²) in [5.41, 5.74) is 0. The van der Waals surface area contributed by atoms with Crippen LogP contribution < -0.4 is 0 Å². The van der Waals surface area contributed by atoms with Crippen molar-refractivity contribution in [2.45, 2.75) is 18.3 Å². The maximum Gasteiger partial charge on any atom is 0.376 e. The highest BCUT2D eigenvalue weighted by Gasteiger charge is 2.65. The van der Waals surface area contributed by atoms with Crippen LogP contribution in [0.1, 0.15) is 0 Å². The fourth-order valence-electron chi connectivity index (χ4n) is 0.365. The third-order valence-electron chi connectivity index (χ3n) is 1.09. The second kappa shape index (κ2) is 3.51. The lowest BCUT2D eigenvalue weighted by Gasteiger charge is -2.23. The van der Waals surface area contributed by atoms with Crippen LogP contribution >= 0.6 is 0 Å². The van der Waals surface area contributed by atoms with Gasteiger partial charge in [-0.05, 0) is 0 Å². The van der Waals surface area contributed by atoms with Crippen LogP contribution in [0.5, 0.6) is 0 Å². The molecule has 0 N–H and O–H groups in total. The first kappa shape index (κ1) is 12.2. The number of allylic oxidation sites excluding steroid dienone is 1. The number of hydrogen-bond donors (Lipinski definition) is 0. The summed E-state index contributed by atoms with van der Waals surface area (Å²) in [6.45, 7) is 0. The zero-order valence-corrected chi connectivity index (χ0v) is 5.68. The Bertz CT molecular complexity index is 205. The fraction of sp³-hybridized carbons (Fsp3) is 0.600. The van der Waals surface area contributed by atoms with Crippen LogP contribution in [0.25, 0.3) is 0 Å². The number of hydrogen-bond acceptors (Lipinski definition) is 0. The summed E-state index contributed by atoms with van der Waals surface area (Å²) in [5, 5.41) is 0. The zero-order valence-electron chi connectivity index (χ0n) is 5.68. The van der Waals surface area contributed by atoms with E-state index in [4.69, 9.17) is 0 Å². The highest BCUT2D eigenvalue weighted by Crippen LogP contribution is 2.44. The molecular formula is C5H2F8. The molecule has 0 aliphatic heterocycles. The Morgan fingerprint density at radius 2 is 1.46 bits per heavy atom. The van der Waals surface area contributed by atoms with E-state index in [0.717, 1.165) is 0 Å². The third-order valence-corrected chi connectivity index (χ3v) is 1.09. The molecule has 0 bridgehead atoms. The van der Waals surface area contributed by atoms with Gasteiger partial charge in [0.05, 0.1) is 0 Å².